The van der Waals surface area contributed by atoms with Crippen molar-refractivity contribution in [3.05, 3.63) is 34.2 Å². The number of pyridine rings is 1. The molecule has 0 atom stereocenters. The molecule has 1 amide bonds. The van der Waals surface area contributed by atoms with Crippen LogP contribution >= 0.6 is 0 Å². The van der Waals surface area contributed by atoms with E-state index < -0.39 is 0 Å². The highest BCUT2D eigenvalue weighted by Gasteiger charge is 2.28. The highest BCUT2D eigenvalue weighted by molar-refractivity contribution is 5.81. The summed E-state index contributed by atoms with van der Waals surface area (Å²) in [6.45, 7) is 7.45. The van der Waals surface area contributed by atoms with Crippen molar-refractivity contribution in [2.24, 2.45) is 10.9 Å². The van der Waals surface area contributed by atoms with Gasteiger partial charge in [0, 0.05) is 50.4 Å². The Morgan fingerprint density at radius 1 is 1.19 bits per heavy atom. The Morgan fingerprint density at radius 2 is 1.96 bits per heavy atom. The molecule has 0 spiro atoms. The van der Waals surface area contributed by atoms with E-state index in [2.05, 4.69) is 20.9 Å². The number of aromatic nitrogens is 1. The normalized spacial score (nSPS) is 14.2. The quantitative estimate of drug-likeness (QED) is 0.330. The van der Waals surface area contributed by atoms with Gasteiger partial charge in [-0.05, 0) is 45.6 Å². The largest absolute Gasteiger partial charge is 0.357 e. The number of rotatable bonds is 10. The first-order chi connectivity index (χ1) is 12.6. The first kappa shape index (κ1) is 20.0. The first-order valence-electron chi connectivity index (χ1n) is 9.58. The molecule has 1 heterocycles. The maximum atomic E-state index is 11.8. The number of guanidine groups is 1. The van der Waals surface area contributed by atoms with E-state index in [4.69, 9.17) is 0 Å². The molecule has 0 aliphatic heterocycles. The Labute approximate surface area is 155 Å². The summed E-state index contributed by atoms with van der Waals surface area (Å²) in [5.41, 5.74) is 1.04. The molecule has 0 saturated heterocycles. The van der Waals surface area contributed by atoms with Gasteiger partial charge in [-0.1, -0.05) is 6.07 Å². The Morgan fingerprint density at radius 3 is 2.65 bits per heavy atom. The molecule has 1 aromatic heterocycles. The summed E-state index contributed by atoms with van der Waals surface area (Å²) in [5.74, 6) is 1.18. The van der Waals surface area contributed by atoms with Gasteiger partial charge in [-0.15, -0.1) is 0 Å². The topological polar surface area (TPSA) is 87.5 Å². The van der Waals surface area contributed by atoms with E-state index in [1.165, 1.54) is 0 Å². The maximum Gasteiger partial charge on any atom is 0.250 e. The molecule has 3 N–H and O–H groups in total. The third-order valence-electron chi connectivity index (χ3n) is 4.34. The highest BCUT2D eigenvalue weighted by Crippen LogP contribution is 2.28. The number of carbonyl (C=O) groups excluding carboxylic acids is 1. The van der Waals surface area contributed by atoms with E-state index in [0.29, 0.717) is 19.6 Å². The van der Waals surface area contributed by atoms with Crippen LogP contribution in [0.25, 0.3) is 0 Å². The number of amides is 1. The molecule has 1 saturated carbocycles. The second-order valence-electron chi connectivity index (χ2n) is 6.62. The molecule has 0 unspecified atom stereocenters. The summed E-state index contributed by atoms with van der Waals surface area (Å²) in [7, 11) is 0. The summed E-state index contributed by atoms with van der Waals surface area (Å²) in [4.78, 5) is 27.9. The smallest absolute Gasteiger partial charge is 0.250 e. The van der Waals surface area contributed by atoms with Crippen molar-refractivity contribution in [2.75, 3.05) is 26.2 Å². The van der Waals surface area contributed by atoms with Crippen molar-refractivity contribution < 1.29 is 4.79 Å². The molecule has 0 radical (unpaired) electrons. The van der Waals surface area contributed by atoms with E-state index in [0.717, 1.165) is 50.4 Å². The van der Waals surface area contributed by atoms with Gasteiger partial charge in [0.05, 0.1) is 0 Å². The van der Waals surface area contributed by atoms with Crippen molar-refractivity contribution in [3.8, 4) is 0 Å². The van der Waals surface area contributed by atoms with Crippen LogP contribution in [0.4, 0.5) is 0 Å². The molecule has 1 aliphatic carbocycles. The second kappa shape index (κ2) is 10.6. The van der Waals surface area contributed by atoms with E-state index >= 15 is 0 Å². The number of nitrogens with one attached hydrogen (secondary N) is 3. The van der Waals surface area contributed by atoms with Crippen molar-refractivity contribution in [2.45, 2.75) is 46.1 Å². The molecule has 1 aliphatic rings. The summed E-state index contributed by atoms with van der Waals surface area (Å²) < 4.78 is 1.80. The van der Waals surface area contributed by atoms with Crippen molar-refractivity contribution in [3.63, 3.8) is 0 Å². The molecule has 7 nitrogen and oxygen atoms in total. The fourth-order valence-corrected chi connectivity index (χ4v) is 2.68. The summed E-state index contributed by atoms with van der Waals surface area (Å²) in [6.07, 6.45) is 3.87. The van der Waals surface area contributed by atoms with Gasteiger partial charge in [-0.2, -0.15) is 0 Å². The zero-order valence-electron chi connectivity index (χ0n) is 15.9. The van der Waals surface area contributed by atoms with Crippen LogP contribution in [0.1, 0.15) is 38.3 Å². The van der Waals surface area contributed by atoms with Crippen LogP contribution in [0.2, 0.25) is 0 Å². The van der Waals surface area contributed by atoms with Crippen LogP contribution in [0.3, 0.4) is 0 Å². The SMILES string of the molecule is CCNC(=NCCCCn1c(C)cccc1=O)NCCNC(=O)C1CC1. The average Bonchev–Trinajstić information content (AvgIpc) is 3.45. The zero-order valence-corrected chi connectivity index (χ0v) is 15.9. The molecular weight excluding hydrogens is 330 g/mol. The van der Waals surface area contributed by atoms with Crippen LogP contribution < -0.4 is 21.5 Å². The van der Waals surface area contributed by atoms with Gasteiger partial charge in [0.2, 0.25) is 5.91 Å². The number of hydrogen-bond acceptors (Lipinski definition) is 3. The molecule has 0 bridgehead atoms. The van der Waals surface area contributed by atoms with E-state index in [9.17, 15) is 9.59 Å². The van der Waals surface area contributed by atoms with Crippen LogP contribution in [0, 0.1) is 12.8 Å². The lowest BCUT2D eigenvalue weighted by atomic mass is 10.3. The van der Waals surface area contributed by atoms with Crippen molar-refractivity contribution in [1.29, 1.82) is 0 Å². The minimum atomic E-state index is 0.0525. The first-order valence-corrected chi connectivity index (χ1v) is 9.58. The summed E-state index contributed by atoms with van der Waals surface area (Å²) in [5, 5.41) is 9.37. The standard InChI is InChI=1S/C19H31N5O2/c1-3-20-19(23-13-12-21-18(26)16-9-10-16)22-11-4-5-14-24-15(2)7-6-8-17(24)25/h6-8,16H,3-5,9-14H2,1-2H3,(H,21,26)(H2,20,22,23). The Kier molecular flexibility index (Phi) is 8.18. The summed E-state index contributed by atoms with van der Waals surface area (Å²) >= 11 is 0. The molecule has 7 heteroatoms. The lowest BCUT2D eigenvalue weighted by Gasteiger charge is -2.12. The van der Waals surface area contributed by atoms with Crippen molar-refractivity contribution in [1.82, 2.24) is 20.5 Å². The van der Waals surface area contributed by atoms with E-state index in [1.807, 2.05) is 19.9 Å². The van der Waals surface area contributed by atoms with Gasteiger partial charge >= 0.3 is 0 Å². The number of hydrogen-bond donors (Lipinski definition) is 3. The molecule has 144 valence electrons. The number of unbranched alkanes of at least 4 members (excludes halogenated alkanes) is 1. The lowest BCUT2D eigenvalue weighted by Crippen LogP contribution is -2.41. The van der Waals surface area contributed by atoms with Crippen LogP contribution in [0.15, 0.2) is 28.0 Å². The molecule has 26 heavy (non-hydrogen) atoms. The van der Waals surface area contributed by atoms with E-state index in [-0.39, 0.29) is 17.4 Å². The van der Waals surface area contributed by atoms with Gasteiger partial charge in [0.25, 0.3) is 5.56 Å². The highest BCUT2D eigenvalue weighted by atomic mass is 16.2. The van der Waals surface area contributed by atoms with Gasteiger partial charge in [-0.3, -0.25) is 14.6 Å². The van der Waals surface area contributed by atoms with Crippen molar-refractivity contribution >= 4 is 11.9 Å². The average molecular weight is 361 g/mol. The predicted molar refractivity (Wildman–Crippen MR) is 104 cm³/mol. The fraction of sp³-hybridized carbons (Fsp3) is 0.632. The number of nitrogens with zero attached hydrogens (tertiary/aromatic N) is 2. The fourth-order valence-electron chi connectivity index (χ4n) is 2.68. The van der Waals surface area contributed by atoms with Gasteiger partial charge in [0.15, 0.2) is 5.96 Å². The predicted octanol–water partition coefficient (Wildman–Crippen LogP) is 1.02. The van der Waals surface area contributed by atoms with E-state index in [1.54, 1.807) is 16.7 Å². The maximum absolute atomic E-state index is 11.8. The minimum absolute atomic E-state index is 0.0525. The number of carbonyl (C=O) groups is 1. The Balaban J connectivity index is 1.65. The van der Waals surface area contributed by atoms with Gasteiger partial charge in [0.1, 0.15) is 0 Å². The Bertz CT molecular complexity index is 664. The molecule has 0 aromatic carbocycles. The van der Waals surface area contributed by atoms with Gasteiger partial charge < -0.3 is 20.5 Å². The molecule has 2 rings (SSSR count). The molecule has 1 aromatic rings. The van der Waals surface area contributed by atoms with Crippen LogP contribution in [-0.4, -0.2) is 42.6 Å². The minimum Gasteiger partial charge on any atom is -0.357 e. The van der Waals surface area contributed by atoms with Crippen LogP contribution in [0.5, 0.6) is 0 Å². The zero-order chi connectivity index (χ0) is 18.8. The lowest BCUT2D eigenvalue weighted by molar-refractivity contribution is -0.122. The third kappa shape index (κ3) is 6.90. The number of aliphatic imine (C=N–C) groups is 1. The van der Waals surface area contributed by atoms with Crippen LogP contribution in [-0.2, 0) is 11.3 Å². The Hall–Kier alpha value is -2.31. The monoisotopic (exact) mass is 361 g/mol. The molecule has 1 fully saturated rings. The third-order valence-corrected chi connectivity index (χ3v) is 4.34. The number of aryl methyl sites for hydroxylation is 1. The second-order valence-corrected chi connectivity index (χ2v) is 6.62. The van der Waals surface area contributed by atoms with Gasteiger partial charge in [-0.25, -0.2) is 0 Å². The summed E-state index contributed by atoms with van der Waals surface area (Å²) in [6, 6.07) is 5.34. The molecular formula is C19H31N5O2.